The number of fused-ring (bicyclic) bond motifs is 1. The Morgan fingerprint density at radius 2 is 1.71 bits per heavy atom. The molecule has 0 saturated heterocycles. The highest BCUT2D eigenvalue weighted by Gasteiger charge is 2.23. The second kappa shape index (κ2) is 6.10. The normalized spacial score (nSPS) is 16.2. The van der Waals surface area contributed by atoms with Crippen molar-refractivity contribution in [3.8, 4) is 0 Å². The fourth-order valence-electron chi connectivity index (χ4n) is 2.89. The highest BCUT2D eigenvalue weighted by atomic mass is 16.2. The molecule has 1 unspecified atom stereocenters. The van der Waals surface area contributed by atoms with Crippen molar-refractivity contribution in [1.82, 2.24) is 0 Å². The fourth-order valence-corrected chi connectivity index (χ4v) is 2.89. The number of hydrogen-bond acceptors (Lipinski definition) is 2. The lowest BCUT2D eigenvalue weighted by atomic mass is 10.1. The number of anilines is 1. The second-order valence-corrected chi connectivity index (χ2v) is 5.50. The van der Waals surface area contributed by atoms with E-state index in [9.17, 15) is 4.79 Å². The number of nitrogens with zero attached hydrogens (tertiary/aromatic N) is 1. The van der Waals surface area contributed by atoms with E-state index < -0.39 is 0 Å². The topological polar surface area (TPSA) is 46.3 Å². The van der Waals surface area contributed by atoms with E-state index in [1.807, 2.05) is 53.4 Å². The average molecular weight is 280 g/mol. The molecule has 3 nitrogen and oxygen atoms in total. The molecule has 0 spiro atoms. The Labute approximate surface area is 125 Å². The summed E-state index contributed by atoms with van der Waals surface area (Å²) >= 11 is 0. The van der Waals surface area contributed by atoms with E-state index in [-0.39, 0.29) is 11.9 Å². The van der Waals surface area contributed by atoms with E-state index in [0.29, 0.717) is 13.0 Å². The Balaban J connectivity index is 1.88. The maximum atomic E-state index is 12.4. The van der Waals surface area contributed by atoms with Crippen molar-refractivity contribution in [2.24, 2.45) is 5.73 Å². The molecule has 0 fully saturated rings. The maximum Gasteiger partial charge on any atom is 0.227 e. The molecular formula is C18H20N2O. The smallest absolute Gasteiger partial charge is 0.227 e. The van der Waals surface area contributed by atoms with Crippen LogP contribution in [0.5, 0.6) is 0 Å². The summed E-state index contributed by atoms with van der Waals surface area (Å²) in [7, 11) is 0. The molecule has 21 heavy (non-hydrogen) atoms. The lowest BCUT2D eigenvalue weighted by molar-refractivity contribution is -0.118. The summed E-state index contributed by atoms with van der Waals surface area (Å²) in [6.07, 6.45) is 2.46. The fraction of sp³-hybridized carbons (Fsp3) is 0.278. The summed E-state index contributed by atoms with van der Waals surface area (Å²) in [4.78, 5) is 14.3. The summed E-state index contributed by atoms with van der Waals surface area (Å²) < 4.78 is 0. The average Bonchev–Trinajstić information content (AvgIpc) is 2.68. The van der Waals surface area contributed by atoms with Crippen molar-refractivity contribution in [3.05, 3.63) is 65.7 Å². The van der Waals surface area contributed by atoms with Crippen LogP contribution in [0.15, 0.2) is 54.6 Å². The first-order valence-corrected chi connectivity index (χ1v) is 7.44. The second-order valence-electron chi connectivity index (χ2n) is 5.50. The van der Waals surface area contributed by atoms with E-state index in [1.54, 1.807) is 0 Å². The number of carbonyl (C=O) groups excluding carboxylic acids is 1. The number of amides is 1. The van der Waals surface area contributed by atoms with Crippen molar-refractivity contribution >= 4 is 11.6 Å². The standard InChI is InChI=1S/C18H20N2O/c19-16(14-7-2-1-3-8-14)13-20-17-11-5-4-9-15(17)10-6-12-18(20)21/h1-5,7-9,11,16H,6,10,12-13,19H2. The summed E-state index contributed by atoms with van der Waals surface area (Å²) in [5, 5.41) is 0. The van der Waals surface area contributed by atoms with Gasteiger partial charge >= 0.3 is 0 Å². The molecule has 2 aromatic rings. The van der Waals surface area contributed by atoms with E-state index in [0.717, 1.165) is 24.1 Å². The molecule has 3 heteroatoms. The molecule has 0 radical (unpaired) electrons. The van der Waals surface area contributed by atoms with Crippen LogP contribution >= 0.6 is 0 Å². The SMILES string of the molecule is NC(CN1C(=O)CCCc2ccccc21)c1ccccc1. The van der Waals surface area contributed by atoms with Crippen LogP contribution in [0.1, 0.15) is 30.0 Å². The number of carbonyl (C=O) groups is 1. The molecule has 1 heterocycles. The van der Waals surface area contributed by atoms with Gasteiger partial charge in [-0.1, -0.05) is 48.5 Å². The van der Waals surface area contributed by atoms with Crippen LogP contribution in [0, 0.1) is 0 Å². The van der Waals surface area contributed by atoms with Gasteiger partial charge in [0, 0.05) is 24.7 Å². The molecule has 3 rings (SSSR count). The van der Waals surface area contributed by atoms with Crippen molar-refractivity contribution < 1.29 is 4.79 Å². The summed E-state index contributed by atoms with van der Waals surface area (Å²) in [5.74, 6) is 0.173. The van der Waals surface area contributed by atoms with Gasteiger partial charge in [0.15, 0.2) is 0 Å². The van der Waals surface area contributed by atoms with Crippen LogP contribution in [-0.2, 0) is 11.2 Å². The molecule has 1 amide bonds. The van der Waals surface area contributed by atoms with Crippen LogP contribution in [-0.4, -0.2) is 12.5 Å². The molecular weight excluding hydrogens is 260 g/mol. The zero-order chi connectivity index (χ0) is 14.7. The lowest BCUT2D eigenvalue weighted by Gasteiger charge is -2.26. The minimum absolute atomic E-state index is 0.165. The third kappa shape index (κ3) is 2.98. The monoisotopic (exact) mass is 280 g/mol. The Morgan fingerprint density at radius 1 is 1.00 bits per heavy atom. The summed E-state index contributed by atoms with van der Waals surface area (Å²) in [5.41, 5.74) is 9.62. The van der Waals surface area contributed by atoms with E-state index in [1.165, 1.54) is 5.56 Å². The van der Waals surface area contributed by atoms with Crippen LogP contribution in [0.25, 0.3) is 0 Å². The number of benzene rings is 2. The molecule has 2 aromatic carbocycles. The van der Waals surface area contributed by atoms with Gasteiger partial charge in [-0.05, 0) is 30.0 Å². The highest BCUT2D eigenvalue weighted by molar-refractivity contribution is 5.95. The molecule has 0 aromatic heterocycles. The first-order chi connectivity index (χ1) is 10.3. The largest absolute Gasteiger partial charge is 0.322 e. The maximum absolute atomic E-state index is 12.4. The van der Waals surface area contributed by atoms with E-state index in [4.69, 9.17) is 5.73 Å². The van der Waals surface area contributed by atoms with Crippen molar-refractivity contribution in [1.29, 1.82) is 0 Å². The van der Waals surface area contributed by atoms with Gasteiger partial charge in [-0.25, -0.2) is 0 Å². The predicted molar refractivity (Wildman–Crippen MR) is 85.1 cm³/mol. The first-order valence-electron chi connectivity index (χ1n) is 7.44. The zero-order valence-electron chi connectivity index (χ0n) is 12.0. The highest BCUT2D eigenvalue weighted by Crippen LogP contribution is 2.28. The van der Waals surface area contributed by atoms with Gasteiger partial charge < -0.3 is 10.6 Å². The Kier molecular flexibility index (Phi) is 4.02. The van der Waals surface area contributed by atoms with Crippen molar-refractivity contribution in [2.75, 3.05) is 11.4 Å². The third-order valence-electron chi connectivity index (χ3n) is 4.03. The Hall–Kier alpha value is -2.13. The molecule has 2 N–H and O–H groups in total. The minimum atomic E-state index is -0.165. The van der Waals surface area contributed by atoms with Crippen LogP contribution in [0.2, 0.25) is 0 Å². The first kappa shape index (κ1) is 13.8. The minimum Gasteiger partial charge on any atom is -0.322 e. The molecule has 1 aliphatic rings. The van der Waals surface area contributed by atoms with E-state index in [2.05, 4.69) is 6.07 Å². The third-order valence-corrected chi connectivity index (χ3v) is 4.03. The number of aryl methyl sites for hydroxylation is 1. The number of para-hydroxylation sites is 1. The molecule has 1 atom stereocenters. The lowest BCUT2D eigenvalue weighted by Crippen LogP contribution is -2.36. The van der Waals surface area contributed by atoms with Crippen molar-refractivity contribution in [3.63, 3.8) is 0 Å². The Morgan fingerprint density at radius 3 is 2.52 bits per heavy atom. The van der Waals surface area contributed by atoms with Crippen LogP contribution in [0.3, 0.4) is 0 Å². The molecule has 0 aliphatic carbocycles. The van der Waals surface area contributed by atoms with Gasteiger partial charge in [-0.2, -0.15) is 0 Å². The van der Waals surface area contributed by atoms with Gasteiger partial charge in [0.05, 0.1) is 0 Å². The number of rotatable bonds is 3. The predicted octanol–water partition coefficient (Wildman–Crippen LogP) is 3.06. The van der Waals surface area contributed by atoms with Crippen LogP contribution in [0.4, 0.5) is 5.69 Å². The van der Waals surface area contributed by atoms with Gasteiger partial charge in [-0.3, -0.25) is 4.79 Å². The summed E-state index contributed by atoms with van der Waals surface area (Å²) in [6, 6.07) is 17.9. The van der Waals surface area contributed by atoms with E-state index >= 15 is 0 Å². The van der Waals surface area contributed by atoms with Gasteiger partial charge in [-0.15, -0.1) is 0 Å². The molecule has 1 aliphatic heterocycles. The number of nitrogens with two attached hydrogens (primary N) is 1. The molecule has 108 valence electrons. The van der Waals surface area contributed by atoms with Gasteiger partial charge in [0.25, 0.3) is 0 Å². The van der Waals surface area contributed by atoms with Crippen LogP contribution < -0.4 is 10.6 Å². The van der Waals surface area contributed by atoms with Gasteiger partial charge in [0.1, 0.15) is 0 Å². The molecule has 0 saturated carbocycles. The summed E-state index contributed by atoms with van der Waals surface area (Å²) in [6.45, 7) is 0.528. The van der Waals surface area contributed by atoms with Crippen molar-refractivity contribution in [2.45, 2.75) is 25.3 Å². The Bertz CT molecular complexity index is 624. The molecule has 0 bridgehead atoms. The zero-order valence-corrected chi connectivity index (χ0v) is 12.0. The number of hydrogen-bond donors (Lipinski definition) is 1. The van der Waals surface area contributed by atoms with Gasteiger partial charge in [0.2, 0.25) is 5.91 Å². The quantitative estimate of drug-likeness (QED) is 0.939.